The molecule has 0 unspecified atom stereocenters. The van der Waals surface area contributed by atoms with Crippen molar-refractivity contribution < 1.29 is 9.59 Å². The molecule has 1 aliphatic rings. The zero-order valence-electron chi connectivity index (χ0n) is 15.6. The minimum absolute atomic E-state index is 0.260. The smallest absolute Gasteiger partial charge is 0.319 e. The summed E-state index contributed by atoms with van der Waals surface area (Å²) in [4.78, 5) is 26.7. The van der Waals surface area contributed by atoms with E-state index in [2.05, 4.69) is 20.9 Å². The maximum atomic E-state index is 12.3. The Bertz CT molecular complexity index is 756. The molecule has 0 spiro atoms. The average molecular weight is 366 g/mol. The molecule has 0 aromatic heterocycles. The highest BCUT2D eigenvalue weighted by Crippen LogP contribution is 2.21. The quantitative estimate of drug-likeness (QED) is 0.753. The topological polar surface area (TPSA) is 73.5 Å². The Morgan fingerprint density at radius 2 is 1.48 bits per heavy atom. The molecule has 142 valence electrons. The van der Waals surface area contributed by atoms with Crippen molar-refractivity contribution in [2.75, 3.05) is 28.6 Å². The summed E-state index contributed by atoms with van der Waals surface area (Å²) in [5, 5.41) is 8.18. The van der Waals surface area contributed by atoms with Gasteiger partial charge in [0.25, 0.3) is 0 Å². The monoisotopic (exact) mass is 366 g/mol. The van der Waals surface area contributed by atoms with Gasteiger partial charge >= 0.3 is 6.03 Å². The molecule has 2 aromatic carbocycles. The molecule has 2 aromatic rings. The number of hydrogen-bond acceptors (Lipinski definition) is 3. The van der Waals surface area contributed by atoms with Gasteiger partial charge in [0.2, 0.25) is 5.91 Å². The molecule has 3 rings (SSSR count). The van der Waals surface area contributed by atoms with Gasteiger partial charge in [-0.2, -0.15) is 0 Å². The molecule has 6 nitrogen and oxygen atoms in total. The van der Waals surface area contributed by atoms with E-state index in [-0.39, 0.29) is 5.91 Å². The number of nitrogens with zero attached hydrogens (tertiary/aromatic N) is 1. The molecule has 0 radical (unpaired) electrons. The first kappa shape index (κ1) is 18.8. The Morgan fingerprint density at radius 1 is 0.852 bits per heavy atom. The summed E-state index contributed by atoms with van der Waals surface area (Å²) in [6.07, 6.45) is 3.76. The van der Waals surface area contributed by atoms with Crippen LogP contribution in [0.2, 0.25) is 0 Å². The molecule has 0 saturated carbocycles. The Kier molecular flexibility index (Phi) is 6.30. The fourth-order valence-electron chi connectivity index (χ4n) is 3.11. The number of benzene rings is 2. The fraction of sp³-hybridized carbons (Fsp3) is 0.333. The number of carbonyl (C=O) groups is 2. The summed E-state index contributed by atoms with van der Waals surface area (Å²) < 4.78 is 0. The van der Waals surface area contributed by atoms with Crippen LogP contribution in [0.4, 0.5) is 21.9 Å². The third kappa shape index (κ3) is 5.48. The van der Waals surface area contributed by atoms with Crippen molar-refractivity contribution >= 4 is 29.0 Å². The first-order valence-corrected chi connectivity index (χ1v) is 9.40. The van der Waals surface area contributed by atoms with E-state index in [4.69, 9.17) is 0 Å². The second kappa shape index (κ2) is 9.07. The zero-order valence-corrected chi connectivity index (χ0v) is 15.6. The molecule has 0 bridgehead atoms. The molecular formula is C21H26N4O2. The van der Waals surface area contributed by atoms with Gasteiger partial charge in [0.1, 0.15) is 6.04 Å². The van der Waals surface area contributed by atoms with Crippen molar-refractivity contribution in [3.05, 3.63) is 54.6 Å². The number of amides is 3. The molecule has 27 heavy (non-hydrogen) atoms. The highest BCUT2D eigenvalue weighted by atomic mass is 16.2. The minimum Gasteiger partial charge on any atom is -0.372 e. The number of piperidine rings is 1. The molecule has 1 atom stereocenters. The van der Waals surface area contributed by atoms with Gasteiger partial charge < -0.3 is 20.9 Å². The van der Waals surface area contributed by atoms with E-state index >= 15 is 0 Å². The largest absolute Gasteiger partial charge is 0.372 e. The van der Waals surface area contributed by atoms with Crippen LogP contribution in [-0.2, 0) is 4.79 Å². The van der Waals surface area contributed by atoms with E-state index in [0.717, 1.165) is 18.8 Å². The third-order valence-electron chi connectivity index (χ3n) is 4.63. The van der Waals surface area contributed by atoms with E-state index in [1.807, 2.05) is 42.5 Å². The summed E-state index contributed by atoms with van der Waals surface area (Å²) in [6, 6.07) is 15.9. The van der Waals surface area contributed by atoms with Crippen molar-refractivity contribution in [2.45, 2.75) is 32.2 Å². The Morgan fingerprint density at radius 3 is 2.15 bits per heavy atom. The molecule has 1 fully saturated rings. The van der Waals surface area contributed by atoms with Crippen LogP contribution < -0.4 is 20.9 Å². The summed E-state index contributed by atoms with van der Waals surface area (Å²) >= 11 is 0. The Balaban J connectivity index is 1.49. The molecule has 0 aliphatic carbocycles. The first-order chi connectivity index (χ1) is 13.1. The van der Waals surface area contributed by atoms with Crippen LogP contribution in [0.25, 0.3) is 0 Å². The van der Waals surface area contributed by atoms with Crippen LogP contribution >= 0.6 is 0 Å². The predicted octanol–water partition coefficient (Wildman–Crippen LogP) is 3.83. The fourth-order valence-corrected chi connectivity index (χ4v) is 3.11. The van der Waals surface area contributed by atoms with Crippen LogP contribution in [0.5, 0.6) is 0 Å². The predicted molar refractivity (Wildman–Crippen MR) is 109 cm³/mol. The van der Waals surface area contributed by atoms with Gasteiger partial charge in [-0.1, -0.05) is 18.2 Å². The molecule has 6 heteroatoms. The van der Waals surface area contributed by atoms with E-state index in [9.17, 15) is 9.59 Å². The first-order valence-electron chi connectivity index (χ1n) is 9.40. The van der Waals surface area contributed by atoms with Gasteiger partial charge in [-0.25, -0.2) is 4.79 Å². The number of nitrogens with one attached hydrogen (secondary N) is 3. The molecular weight excluding hydrogens is 340 g/mol. The number of para-hydroxylation sites is 1. The lowest BCUT2D eigenvalue weighted by Gasteiger charge is -2.28. The van der Waals surface area contributed by atoms with Gasteiger partial charge in [-0.3, -0.25) is 4.79 Å². The Labute approximate surface area is 159 Å². The normalized spacial score (nSPS) is 14.9. The molecule has 3 N–H and O–H groups in total. The second-order valence-corrected chi connectivity index (χ2v) is 6.77. The average Bonchev–Trinajstić information content (AvgIpc) is 2.70. The van der Waals surface area contributed by atoms with Gasteiger partial charge in [-0.05, 0) is 62.6 Å². The molecule has 3 amide bonds. The SMILES string of the molecule is C[C@@H](NC(=O)Nc1ccccc1)C(=O)Nc1ccc(N2CCCCC2)cc1. The maximum absolute atomic E-state index is 12.3. The van der Waals surface area contributed by atoms with Crippen molar-refractivity contribution in [1.29, 1.82) is 0 Å². The Hall–Kier alpha value is -3.02. The van der Waals surface area contributed by atoms with Crippen LogP contribution in [-0.4, -0.2) is 31.1 Å². The van der Waals surface area contributed by atoms with Crippen molar-refractivity contribution in [3.8, 4) is 0 Å². The van der Waals surface area contributed by atoms with Gasteiger partial charge in [-0.15, -0.1) is 0 Å². The van der Waals surface area contributed by atoms with E-state index in [0.29, 0.717) is 5.69 Å². The molecule has 1 saturated heterocycles. The van der Waals surface area contributed by atoms with Gasteiger partial charge in [0, 0.05) is 30.2 Å². The summed E-state index contributed by atoms with van der Waals surface area (Å²) in [7, 11) is 0. The highest BCUT2D eigenvalue weighted by Gasteiger charge is 2.16. The van der Waals surface area contributed by atoms with Crippen molar-refractivity contribution in [1.82, 2.24) is 5.32 Å². The van der Waals surface area contributed by atoms with Crippen LogP contribution in [0.15, 0.2) is 54.6 Å². The van der Waals surface area contributed by atoms with Crippen LogP contribution in [0.1, 0.15) is 26.2 Å². The number of urea groups is 1. The van der Waals surface area contributed by atoms with Crippen LogP contribution in [0, 0.1) is 0 Å². The summed E-state index contributed by atoms with van der Waals surface area (Å²) in [6.45, 7) is 3.83. The van der Waals surface area contributed by atoms with E-state index < -0.39 is 12.1 Å². The molecule has 1 heterocycles. The second-order valence-electron chi connectivity index (χ2n) is 6.77. The standard InChI is InChI=1S/C21H26N4O2/c1-16(22-21(27)24-17-8-4-2-5-9-17)20(26)23-18-10-12-19(13-11-18)25-14-6-3-7-15-25/h2,4-5,8-13,16H,3,6-7,14-15H2,1H3,(H,23,26)(H2,22,24,27)/t16-/m1/s1. The highest BCUT2D eigenvalue weighted by molar-refractivity contribution is 5.99. The van der Waals surface area contributed by atoms with E-state index in [1.54, 1.807) is 19.1 Å². The van der Waals surface area contributed by atoms with Gasteiger partial charge in [0.15, 0.2) is 0 Å². The number of carbonyl (C=O) groups excluding carboxylic acids is 2. The van der Waals surface area contributed by atoms with E-state index in [1.165, 1.54) is 24.9 Å². The number of rotatable bonds is 5. The molecule has 1 aliphatic heterocycles. The minimum atomic E-state index is -0.657. The maximum Gasteiger partial charge on any atom is 0.319 e. The lowest BCUT2D eigenvalue weighted by Crippen LogP contribution is -2.43. The van der Waals surface area contributed by atoms with Crippen LogP contribution in [0.3, 0.4) is 0 Å². The van der Waals surface area contributed by atoms with Crippen molar-refractivity contribution in [3.63, 3.8) is 0 Å². The lowest BCUT2D eigenvalue weighted by atomic mass is 10.1. The number of anilines is 3. The lowest BCUT2D eigenvalue weighted by molar-refractivity contribution is -0.117. The zero-order chi connectivity index (χ0) is 19.1. The van der Waals surface area contributed by atoms with Gasteiger partial charge in [0.05, 0.1) is 0 Å². The third-order valence-corrected chi connectivity index (χ3v) is 4.63. The number of hydrogen-bond donors (Lipinski definition) is 3. The summed E-state index contributed by atoms with van der Waals surface area (Å²) in [5.74, 6) is -0.260. The van der Waals surface area contributed by atoms with Crippen molar-refractivity contribution in [2.24, 2.45) is 0 Å². The summed E-state index contributed by atoms with van der Waals surface area (Å²) in [5.41, 5.74) is 2.58.